The molecule has 0 bridgehead atoms. The molecule has 4 aliphatic rings. The summed E-state index contributed by atoms with van der Waals surface area (Å²) in [6, 6.07) is 0. The Hall–Kier alpha value is -0.0400. The van der Waals surface area contributed by atoms with Crippen LogP contribution in [-0.4, -0.2) is 11.2 Å². The van der Waals surface area contributed by atoms with E-state index in [1.165, 1.54) is 51.4 Å². The van der Waals surface area contributed by atoms with Gasteiger partial charge in [0.1, 0.15) is 0 Å². The third-order valence-electron chi connectivity index (χ3n) is 7.71. The van der Waals surface area contributed by atoms with Crippen molar-refractivity contribution in [2.75, 3.05) is 0 Å². The van der Waals surface area contributed by atoms with E-state index in [4.69, 9.17) is 0 Å². The fourth-order valence-electron chi connectivity index (χ4n) is 6.82. The summed E-state index contributed by atoms with van der Waals surface area (Å²) in [7, 11) is 0. The topological polar surface area (TPSA) is 20.2 Å². The summed E-state index contributed by atoms with van der Waals surface area (Å²) < 4.78 is 0. The van der Waals surface area contributed by atoms with E-state index in [1.807, 2.05) is 0 Å². The predicted molar refractivity (Wildman–Crippen MR) is 77.7 cm³/mol. The lowest BCUT2D eigenvalue weighted by molar-refractivity contribution is -0.0675. The number of hydrogen-bond donors (Lipinski definition) is 1. The highest BCUT2D eigenvalue weighted by Gasteiger charge is 2.53. The van der Waals surface area contributed by atoms with Crippen molar-refractivity contribution in [3.8, 4) is 0 Å². The molecular formula is C18H30O. The summed E-state index contributed by atoms with van der Waals surface area (Å²) in [5, 5.41) is 9.94. The maximum absolute atomic E-state index is 9.94. The smallest absolute Gasteiger partial charge is 0.0543 e. The summed E-state index contributed by atoms with van der Waals surface area (Å²) in [4.78, 5) is 0. The molecule has 19 heavy (non-hydrogen) atoms. The van der Waals surface area contributed by atoms with Crippen molar-refractivity contribution in [3.63, 3.8) is 0 Å². The molecule has 0 aromatic heterocycles. The van der Waals surface area contributed by atoms with Crippen LogP contribution in [0.1, 0.15) is 71.1 Å². The molecule has 0 saturated heterocycles. The van der Waals surface area contributed by atoms with Crippen LogP contribution in [0.3, 0.4) is 0 Å². The van der Waals surface area contributed by atoms with E-state index in [9.17, 15) is 5.11 Å². The predicted octanol–water partition coefficient (Wildman–Crippen LogP) is 4.39. The molecule has 1 N–H and O–H groups in total. The Kier molecular flexibility index (Phi) is 2.99. The summed E-state index contributed by atoms with van der Waals surface area (Å²) >= 11 is 0. The van der Waals surface area contributed by atoms with Crippen LogP contribution in [0.4, 0.5) is 0 Å². The second-order valence-electron chi connectivity index (χ2n) is 8.49. The third-order valence-corrected chi connectivity index (χ3v) is 7.71. The highest BCUT2D eigenvalue weighted by Crippen LogP contribution is 2.62. The maximum Gasteiger partial charge on any atom is 0.0543 e. The van der Waals surface area contributed by atoms with Gasteiger partial charge in [-0.05, 0) is 92.8 Å². The van der Waals surface area contributed by atoms with Crippen LogP contribution >= 0.6 is 0 Å². The zero-order valence-corrected chi connectivity index (χ0v) is 12.5. The van der Waals surface area contributed by atoms with Crippen molar-refractivity contribution in [2.45, 2.75) is 77.2 Å². The highest BCUT2D eigenvalue weighted by molar-refractivity contribution is 5.03. The largest absolute Gasteiger partial charge is 0.393 e. The molecule has 0 aromatic rings. The lowest BCUT2D eigenvalue weighted by Gasteiger charge is -2.55. The quantitative estimate of drug-likeness (QED) is 0.686. The minimum Gasteiger partial charge on any atom is -0.393 e. The van der Waals surface area contributed by atoms with Crippen molar-refractivity contribution in [1.29, 1.82) is 0 Å². The fourth-order valence-corrected chi connectivity index (χ4v) is 6.82. The molecule has 1 heteroatoms. The van der Waals surface area contributed by atoms with E-state index in [1.54, 1.807) is 0 Å². The Morgan fingerprint density at radius 2 is 1.68 bits per heavy atom. The van der Waals surface area contributed by atoms with Gasteiger partial charge in [-0.25, -0.2) is 0 Å². The van der Waals surface area contributed by atoms with Crippen molar-refractivity contribution >= 4 is 0 Å². The molecular weight excluding hydrogens is 232 g/mol. The normalized spacial score (nSPS) is 57.2. The third kappa shape index (κ3) is 1.91. The van der Waals surface area contributed by atoms with Gasteiger partial charge in [0.05, 0.1) is 6.10 Å². The molecule has 1 nitrogen and oxygen atoms in total. The molecule has 4 rings (SSSR count). The van der Waals surface area contributed by atoms with Crippen molar-refractivity contribution in [3.05, 3.63) is 0 Å². The first-order valence-electron chi connectivity index (χ1n) is 8.85. The molecule has 0 aliphatic heterocycles. The molecule has 7 atom stereocenters. The lowest BCUT2D eigenvalue weighted by Crippen LogP contribution is -2.47. The van der Waals surface area contributed by atoms with E-state index >= 15 is 0 Å². The van der Waals surface area contributed by atoms with Gasteiger partial charge in [-0.15, -0.1) is 0 Å². The van der Waals surface area contributed by atoms with Gasteiger partial charge in [0, 0.05) is 0 Å². The molecule has 0 spiro atoms. The van der Waals surface area contributed by atoms with Gasteiger partial charge in [-0.2, -0.15) is 0 Å². The summed E-state index contributed by atoms with van der Waals surface area (Å²) in [6.45, 7) is 2.59. The minimum atomic E-state index is 0.0261. The minimum absolute atomic E-state index is 0.0261. The average molecular weight is 262 g/mol. The molecule has 0 aromatic carbocycles. The Balaban J connectivity index is 1.56. The summed E-state index contributed by atoms with van der Waals surface area (Å²) in [5.41, 5.74) is 0.711. The van der Waals surface area contributed by atoms with E-state index in [0.717, 1.165) is 42.4 Å². The van der Waals surface area contributed by atoms with Crippen LogP contribution in [0, 0.1) is 35.0 Å². The maximum atomic E-state index is 9.94. The Labute approximate surface area is 118 Å². The number of aliphatic hydroxyl groups excluding tert-OH is 1. The molecule has 2 unspecified atom stereocenters. The highest BCUT2D eigenvalue weighted by atomic mass is 16.3. The number of aliphatic hydroxyl groups is 1. The van der Waals surface area contributed by atoms with E-state index in [0.29, 0.717) is 5.41 Å². The first kappa shape index (κ1) is 12.7. The van der Waals surface area contributed by atoms with E-state index in [-0.39, 0.29) is 6.10 Å². The van der Waals surface area contributed by atoms with Gasteiger partial charge in [-0.3, -0.25) is 0 Å². The van der Waals surface area contributed by atoms with Gasteiger partial charge in [0.2, 0.25) is 0 Å². The van der Waals surface area contributed by atoms with Gasteiger partial charge < -0.3 is 5.11 Å². The average Bonchev–Trinajstić information content (AvgIpc) is 2.79. The van der Waals surface area contributed by atoms with Crippen LogP contribution in [0.15, 0.2) is 0 Å². The van der Waals surface area contributed by atoms with Crippen LogP contribution in [0.2, 0.25) is 0 Å². The van der Waals surface area contributed by atoms with Crippen LogP contribution < -0.4 is 0 Å². The molecule has 0 radical (unpaired) electrons. The Morgan fingerprint density at radius 1 is 0.842 bits per heavy atom. The second-order valence-corrected chi connectivity index (χ2v) is 8.49. The number of rotatable bonds is 0. The lowest BCUT2D eigenvalue weighted by atomic mass is 9.50. The van der Waals surface area contributed by atoms with Gasteiger partial charge in [-0.1, -0.05) is 13.3 Å². The van der Waals surface area contributed by atoms with Gasteiger partial charge in [0.15, 0.2) is 0 Å². The van der Waals surface area contributed by atoms with Crippen molar-refractivity contribution < 1.29 is 5.11 Å². The van der Waals surface area contributed by atoms with E-state index < -0.39 is 0 Å². The van der Waals surface area contributed by atoms with E-state index in [2.05, 4.69) is 6.92 Å². The van der Waals surface area contributed by atoms with Crippen LogP contribution in [0.25, 0.3) is 0 Å². The molecule has 4 fully saturated rings. The van der Waals surface area contributed by atoms with Crippen molar-refractivity contribution in [2.24, 2.45) is 35.0 Å². The number of hydrogen-bond acceptors (Lipinski definition) is 1. The second kappa shape index (κ2) is 4.48. The van der Waals surface area contributed by atoms with Crippen LogP contribution in [0.5, 0.6) is 0 Å². The molecule has 0 heterocycles. The standard InChI is InChI=1S/C18H30O/c1-18-9-2-3-17(18)16-6-4-12-11-13(19)5-7-14(12)15(16)8-10-18/h12-17,19H,2-11H2,1H3/t12?,13?,14-,15+,16+,17-,18-/m0/s1. The monoisotopic (exact) mass is 262 g/mol. The van der Waals surface area contributed by atoms with Gasteiger partial charge in [0.25, 0.3) is 0 Å². The molecule has 4 aliphatic carbocycles. The zero-order valence-electron chi connectivity index (χ0n) is 12.5. The van der Waals surface area contributed by atoms with Gasteiger partial charge >= 0.3 is 0 Å². The summed E-state index contributed by atoms with van der Waals surface area (Å²) in [5.74, 6) is 4.99. The fraction of sp³-hybridized carbons (Fsp3) is 1.00. The van der Waals surface area contributed by atoms with Crippen molar-refractivity contribution in [1.82, 2.24) is 0 Å². The first-order chi connectivity index (χ1) is 9.17. The summed E-state index contributed by atoms with van der Waals surface area (Å²) in [6.07, 6.45) is 14.0. The Morgan fingerprint density at radius 3 is 2.58 bits per heavy atom. The Bertz CT molecular complexity index is 352. The first-order valence-corrected chi connectivity index (χ1v) is 8.85. The SMILES string of the molecule is C[C@@]12CCC[C@H]1[C@@H]1CCC3CC(O)CC[C@@H]3[C@H]1CC2. The van der Waals surface area contributed by atoms with Crippen LogP contribution in [-0.2, 0) is 0 Å². The zero-order chi connectivity index (χ0) is 13.0. The molecule has 4 saturated carbocycles. The molecule has 108 valence electrons. The number of fused-ring (bicyclic) bond motifs is 5. The molecule has 0 amide bonds.